The third kappa shape index (κ3) is 3.08. The van der Waals surface area contributed by atoms with Crippen molar-refractivity contribution < 1.29 is 8.42 Å². The second-order valence-corrected chi connectivity index (χ2v) is 7.04. The van der Waals surface area contributed by atoms with Crippen LogP contribution in [0.15, 0.2) is 29.2 Å². The Labute approximate surface area is 115 Å². The van der Waals surface area contributed by atoms with Gasteiger partial charge in [0.1, 0.15) is 0 Å². The molecule has 0 saturated carbocycles. The molecule has 5 nitrogen and oxygen atoms in total. The third-order valence-corrected chi connectivity index (χ3v) is 5.39. The lowest BCUT2D eigenvalue weighted by Crippen LogP contribution is -2.50. The van der Waals surface area contributed by atoms with Gasteiger partial charge in [-0.05, 0) is 32.0 Å². The fourth-order valence-corrected chi connectivity index (χ4v) is 3.76. The van der Waals surface area contributed by atoms with Crippen LogP contribution in [0.1, 0.15) is 13.8 Å². The van der Waals surface area contributed by atoms with Crippen LogP contribution in [0.25, 0.3) is 0 Å². The topological polar surface area (TPSA) is 66.6 Å². The van der Waals surface area contributed by atoms with E-state index in [9.17, 15) is 8.42 Å². The van der Waals surface area contributed by atoms with Crippen molar-refractivity contribution in [2.75, 3.05) is 31.9 Å². The SMILES string of the molecule is CC(C)N1CCN(S(=O)(=O)c2cccc(N)c2)CC1. The number of anilines is 1. The maximum absolute atomic E-state index is 12.5. The molecule has 19 heavy (non-hydrogen) atoms. The van der Waals surface area contributed by atoms with Crippen LogP contribution in [0.4, 0.5) is 5.69 Å². The molecule has 1 aliphatic rings. The zero-order chi connectivity index (χ0) is 14.0. The van der Waals surface area contributed by atoms with Gasteiger partial charge in [0.05, 0.1) is 4.90 Å². The first-order valence-electron chi connectivity index (χ1n) is 6.51. The summed E-state index contributed by atoms with van der Waals surface area (Å²) in [6.07, 6.45) is 0. The summed E-state index contributed by atoms with van der Waals surface area (Å²) < 4.78 is 26.5. The van der Waals surface area contributed by atoms with Gasteiger partial charge in [-0.3, -0.25) is 4.90 Å². The Balaban J connectivity index is 2.14. The quantitative estimate of drug-likeness (QED) is 0.840. The fourth-order valence-electron chi connectivity index (χ4n) is 2.28. The van der Waals surface area contributed by atoms with Crippen LogP contribution in [0.5, 0.6) is 0 Å². The monoisotopic (exact) mass is 283 g/mol. The molecule has 0 bridgehead atoms. The molecule has 1 saturated heterocycles. The largest absolute Gasteiger partial charge is 0.399 e. The van der Waals surface area contributed by atoms with Gasteiger partial charge in [-0.1, -0.05) is 6.07 Å². The number of nitrogens with zero attached hydrogens (tertiary/aromatic N) is 2. The third-order valence-electron chi connectivity index (χ3n) is 3.50. The highest BCUT2D eigenvalue weighted by Crippen LogP contribution is 2.20. The summed E-state index contributed by atoms with van der Waals surface area (Å²) in [5.74, 6) is 0. The molecular weight excluding hydrogens is 262 g/mol. The molecule has 6 heteroatoms. The van der Waals surface area contributed by atoms with Crippen molar-refractivity contribution in [3.05, 3.63) is 24.3 Å². The van der Waals surface area contributed by atoms with Gasteiger partial charge in [-0.15, -0.1) is 0 Å². The first-order chi connectivity index (χ1) is 8.91. The zero-order valence-electron chi connectivity index (χ0n) is 11.4. The minimum Gasteiger partial charge on any atom is -0.399 e. The summed E-state index contributed by atoms with van der Waals surface area (Å²) in [6, 6.07) is 6.93. The summed E-state index contributed by atoms with van der Waals surface area (Å²) in [5, 5.41) is 0. The summed E-state index contributed by atoms with van der Waals surface area (Å²) in [4.78, 5) is 2.57. The van der Waals surface area contributed by atoms with E-state index in [1.54, 1.807) is 22.5 Å². The molecule has 0 radical (unpaired) electrons. The van der Waals surface area contributed by atoms with Crippen molar-refractivity contribution in [3.63, 3.8) is 0 Å². The Morgan fingerprint density at radius 1 is 1.16 bits per heavy atom. The number of piperazine rings is 1. The zero-order valence-corrected chi connectivity index (χ0v) is 12.2. The van der Waals surface area contributed by atoms with Gasteiger partial charge in [0.2, 0.25) is 10.0 Å². The average Bonchev–Trinajstić information content (AvgIpc) is 2.39. The molecule has 0 spiro atoms. The average molecular weight is 283 g/mol. The number of nitrogens with two attached hydrogens (primary N) is 1. The summed E-state index contributed by atoms with van der Waals surface area (Å²) in [5.41, 5.74) is 6.13. The molecule has 2 rings (SSSR count). The van der Waals surface area contributed by atoms with E-state index in [-0.39, 0.29) is 4.90 Å². The van der Waals surface area contributed by atoms with E-state index in [0.29, 0.717) is 24.8 Å². The molecule has 0 amide bonds. The number of benzene rings is 1. The highest BCUT2D eigenvalue weighted by Gasteiger charge is 2.29. The van der Waals surface area contributed by atoms with Gasteiger partial charge in [-0.2, -0.15) is 4.31 Å². The minimum atomic E-state index is -3.41. The standard InChI is InChI=1S/C13H21N3O2S/c1-11(2)15-6-8-16(9-7-15)19(17,18)13-5-3-4-12(14)10-13/h3-5,10-11H,6-9,14H2,1-2H3. The Morgan fingerprint density at radius 3 is 2.32 bits per heavy atom. The number of hydrogen-bond donors (Lipinski definition) is 1. The first kappa shape index (κ1) is 14.3. The van der Waals surface area contributed by atoms with Gasteiger partial charge in [0, 0.05) is 37.9 Å². The Hall–Kier alpha value is -1.11. The van der Waals surface area contributed by atoms with Gasteiger partial charge in [-0.25, -0.2) is 8.42 Å². The van der Waals surface area contributed by atoms with Crippen LogP contribution < -0.4 is 5.73 Å². The molecule has 2 N–H and O–H groups in total. The Kier molecular flexibility index (Phi) is 4.13. The second-order valence-electron chi connectivity index (χ2n) is 5.11. The van der Waals surface area contributed by atoms with E-state index in [4.69, 9.17) is 5.73 Å². The number of sulfonamides is 1. The lowest BCUT2D eigenvalue weighted by atomic mass is 10.3. The highest BCUT2D eigenvalue weighted by atomic mass is 32.2. The van der Waals surface area contributed by atoms with E-state index in [1.165, 1.54) is 6.07 Å². The normalized spacial score (nSPS) is 18.9. The second kappa shape index (κ2) is 5.48. The van der Waals surface area contributed by atoms with Crippen molar-refractivity contribution in [3.8, 4) is 0 Å². The van der Waals surface area contributed by atoms with E-state index in [2.05, 4.69) is 18.7 Å². The molecule has 1 heterocycles. The predicted molar refractivity (Wildman–Crippen MR) is 76.3 cm³/mol. The van der Waals surface area contributed by atoms with E-state index >= 15 is 0 Å². The van der Waals surface area contributed by atoms with Gasteiger partial charge >= 0.3 is 0 Å². The molecule has 1 aromatic rings. The molecule has 0 aliphatic carbocycles. The van der Waals surface area contributed by atoms with Crippen LogP contribution in [0.3, 0.4) is 0 Å². The molecule has 1 fully saturated rings. The Morgan fingerprint density at radius 2 is 1.79 bits per heavy atom. The van der Waals surface area contributed by atoms with E-state index < -0.39 is 10.0 Å². The molecule has 0 atom stereocenters. The lowest BCUT2D eigenvalue weighted by molar-refractivity contribution is 0.154. The summed E-state index contributed by atoms with van der Waals surface area (Å²) >= 11 is 0. The Bertz CT molecular complexity index is 535. The van der Waals surface area contributed by atoms with Crippen LogP contribution in [0, 0.1) is 0 Å². The fraction of sp³-hybridized carbons (Fsp3) is 0.538. The molecule has 106 valence electrons. The van der Waals surface area contributed by atoms with Gasteiger partial charge in [0.25, 0.3) is 0 Å². The van der Waals surface area contributed by atoms with Crippen molar-refractivity contribution >= 4 is 15.7 Å². The van der Waals surface area contributed by atoms with Crippen LogP contribution in [0.2, 0.25) is 0 Å². The minimum absolute atomic E-state index is 0.283. The highest BCUT2D eigenvalue weighted by molar-refractivity contribution is 7.89. The lowest BCUT2D eigenvalue weighted by Gasteiger charge is -2.36. The van der Waals surface area contributed by atoms with E-state index in [1.807, 2.05) is 0 Å². The van der Waals surface area contributed by atoms with Crippen molar-refractivity contribution in [1.82, 2.24) is 9.21 Å². The van der Waals surface area contributed by atoms with Crippen LogP contribution in [-0.4, -0.2) is 49.8 Å². The number of rotatable bonds is 3. The molecule has 0 aromatic heterocycles. The molecule has 1 aliphatic heterocycles. The maximum atomic E-state index is 12.5. The maximum Gasteiger partial charge on any atom is 0.243 e. The van der Waals surface area contributed by atoms with Crippen molar-refractivity contribution in [2.24, 2.45) is 0 Å². The number of nitrogen functional groups attached to an aromatic ring is 1. The number of hydrogen-bond acceptors (Lipinski definition) is 4. The van der Waals surface area contributed by atoms with Crippen LogP contribution >= 0.6 is 0 Å². The first-order valence-corrected chi connectivity index (χ1v) is 7.95. The smallest absolute Gasteiger partial charge is 0.243 e. The van der Waals surface area contributed by atoms with Crippen molar-refractivity contribution in [1.29, 1.82) is 0 Å². The summed E-state index contributed by atoms with van der Waals surface area (Å²) in [7, 11) is -3.41. The predicted octanol–water partition coefficient (Wildman–Crippen LogP) is 0.983. The molecule has 0 unspecified atom stereocenters. The summed E-state index contributed by atoms with van der Waals surface area (Å²) in [6.45, 7) is 6.88. The molecular formula is C13H21N3O2S. The van der Waals surface area contributed by atoms with Gasteiger partial charge < -0.3 is 5.73 Å². The van der Waals surface area contributed by atoms with Gasteiger partial charge in [0.15, 0.2) is 0 Å². The van der Waals surface area contributed by atoms with Crippen LogP contribution in [-0.2, 0) is 10.0 Å². The molecule has 1 aromatic carbocycles. The van der Waals surface area contributed by atoms with Crippen molar-refractivity contribution in [2.45, 2.75) is 24.8 Å². The van der Waals surface area contributed by atoms with E-state index in [0.717, 1.165) is 13.1 Å².